The summed E-state index contributed by atoms with van der Waals surface area (Å²) >= 11 is 0. The van der Waals surface area contributed by atoms with Gasteiger partial charge in [-0.3, -0.25) is 0 Å². The third-order valence-corrected chi connectivity index (χ3v) is 4.92. The first-order chi connectivity index (χ1) is 13.7. The van der Waals surface area contributed by atoms with Crippen LogP contribution in [0.25, 0.3) is 0 Å². The molecule has 0 bridgehead atoms. The van der Waals surface area contributed by atoms with E-state index in [0.717, 1.165) is 5.56 Å². The maximum Gasteiger partial charge on any atom is 0.410 e. The summed E-state index contributed by atoms with van der Waals surface area (Å²) in [6, 6.07) is 16.6. The Balaban J connectivity index is 1.62. The zero-order chi connectivity index (χ0) is 21.1. The van der Waals surface area contributed by atoms with Crippen LogP contribution in [0.2, 0.25) is 0 Å². The molecule has 0 saturated carbocycles. The van der Waals surface area contributed by atoms with E-state index in [1.54, 1.807) is 45.0 Å². The van der Waals surface area contributed by atoms with Crippen molar-refractivity contribution in [2.24, 2.45) is 0 Å². The fourth-order valence-electron chi connectivity index (χ4n) is 3.30. The molecule has 1 aliphatic heterocycles. The molecule has 2 atom stereocenters. The number of aliphatic hydroxyl groups is 1. The van der Waals surface area contributed by atoms with Crippen LogP contribution in [0.15, 0.2) is 54.6 Å². The van der Waals surface area contributed by atoms with Crippen molar-refractivity contribution in [1.82, 2.24) is 4.90 Å². The van der Waals surface area contributed by atoms with Gasteiger partial charge in [0.05, 0.1) is 6.54 Å². The largest absolute Gasteiger partial charge is 0.489 e. The van der Waals surface area contributed by atoms with Crippen LogP contribution in [-0.4, -0.2) is 41.0 Å². The summed E-state index contributed by atoms with van der Waals surface area (Å²) in [5.41, 5.74) is -0.766. The molecule has 1 amide bonds. The van der Waals surface area contributed by atoms with Gasteiger partial charge in [0, 0.05) is 13.0 Å². The van der Waals surface area contributed by atoms with Gasteiger partial charge >= 0.3 is 6.09 Å². The Morgan fingerprint density at radius 3 is 2.41 bits per heavy atom. The first-order valence-electron chi connectivity index (χ1n) is 9.79. The predicted octanol–water partition coefficient (Wildman–Crippen LogP) is 4.43. The molecule has 156 valence electrons. The van der Waals surface area contributed by atoms with Gasteiger partial charge in [-0.25, -0.2) is 9.18 Å². The quantitative estimate of drug-likeness (QED) is 0.823. The molecular formula is C23H28FNO4. The number of likely N-dealkylation sites (tertiary alicyclic amines) is 1. The molecule has 29 heavy (non-hydrogen) atoms. The molecule has 0 unspecified atom stereocenters. The van der Waals surface area contributed by atoms with E-state index < -0.39 is 23.5 Å². The van der Waals surface area contributed by atoms with Crippen molar-refractivity contribution in [2.75, 3.05) is 13.1 Å². The minimum Gasteiger partial charge on any atom is -0.489 e. The van der Waals surface area contributed by atoms with E-state index in [1.807, 2.05) is 30.3 Å². The van der Waals surface area contributed by atoms with E-state index in [4.69, 9.17) is 9.47 Å². The van der Waals surface area contributed by atoms with Gasteiger partial charge in [0.25, 0.3) is 0 Å². The second-order valence-electron chi connectivity index (χ2n) is 8.37. The first kappa shape index (κ1) is 21.1. The lowest BCUT2D eigenvalue weighted by molar-refractivity contribution is -0.0907. The van der Waals surface area contributed by atoms with Crippen LogP contribution in [0.4, 0.5) is 9.18 Å². The average Bonchev–Trinajstić information content (AvgIpc) is 2.68. The molecule has 0 aromatic heterocycles. The Kier molecular flexibility index (Phi) is 6.13. The van der Waals surface area contributed by atoms with Crippen molar-refractivity contribution in [3.8, 4) is 5.75 Å². The Bertz CT molecular complexity index is 819. The van der Waals surface area contributed by atoms with Gasteiger partial charge in [-0.05, 0) is 44.0 Å². The van der Waals surface area contributed by atoms with Crippen molar-refractivity contribution in [1.29, 1.82) is 0 Å². The van der Waals surface area contributed by atoms with Crippen LogP contribution in [-0.2, 0) is 16.9 Å². The fourth-order valence-corrected chi connectivity index (χ4v) is 3.30. The van der Waals surface area contributed by atoms with Gasteiger partial charge in [-0.1, -0.05) is 42.5 Å². The van der Waals surface area contributed by atoms with Crippen molar-refractivity contribution in [3.63, 3.8) is 0 Å². The van der Waals surface area contributed by atoms with Crippen molar-refractivity contribution in [2.45, 2.75) is 51.2 Å². The summed E-state index contributed by atoms with van der Waals surface area (Å²) in [6.45, 7) is 5.73. The number of hydrogen-bond acceptors (Lipinski definition) is 4. The summed E-state index contributed by atoms with van der Waals surface area (Å²) < 4.78 is 25.9. The molecule has 0 spiro atoms. The van der Waals surface area contributed by atoms with Gasteiger partial charge in [0.15, 0.2) is 6.17 Å². The maximum atomic E-state index is 14.9. The van der Waals surface area contributed by atoms with Gasteiger partial charge in [-0.15, -0.1) is 0 Å². The lowest BCUT2D eigenvalue weighted by Gasteiger charge is -2.41. The van der Waals surface area contributed by atoms with Crippen molar-refractivity contribution >= 4 is 6.09 Å². The molecule has 1 fully saturated rings. The minimum absolute atomic E-state index is 0.0949. The second-order valence-corrected chi connectivity index (χ2v) is 8.37. The highest BCUT2D eigenvalue weighted by Crippen LogP contribution is 2.36. The van der Waals surface area contributed by atoms with Crippen LogP contribution in [0.1, 0.15) is 38.3 Å². The monoisotopic (exact) mass is 401 g/mol. The summed E-state index contributed by atoms with van der Waals surface area (Å²) in [7, 11) is 0. The third kappa shape index (κ3) is 5.26. The summed E-state index contributed by atoms with van der Waals surface area (Å²) in [4.78, 5) is 13.5. The Morgan fingerprint density at radius 1 is 1.17 bits per heavy atom. The highest BCUT2D eigenvalue weighted by Gasteiger charge is 2.45. The number of carbonyl (C=O) groups is 1. The molecule has 1 aliphatic rings. The molecule has 6 heteroatoms. The number of carbonyl (C=O) groups excluding carboxylic acids is 1. The number of piperidine rings is 1. The number of alkyl halides is 1. The lowest BCUT2D eigenvalue weighted by Crippen LogP contribution is -2.54. The molecule has 0 aliphatic carbocycles. The van der Waals surface area contributed by atoms with Crippen LogP contribution in [0.5, 0.6) is 5.75 Å². The molecule has 0 radical (unpaired) electrons. The zero-order valence-electron chi connectivity index (χ0n) is 17.1. The summed E-state index contributed by atoms with van der Waals surface area (Å²) in [6.07, 6.45) is -2.08. The molecule has 1 heterocycles. The van der Waals surface area contributed by atoms with Crippen LogP contribution in [0.3, 0.4) is 0 Å². The Hall–Kier alpha value is -2.60. The number of nitrogens with zero attached hydrogens (tertiary/aromatic N) is 1. The number of halogens is 1. The van der Waals surface area contributed by atoms with Gasteiger partial charge in [0.1, 0.15) is 23.6 Å². The standard InChI is InChI=1S/C23H28FNO4/c1-22(2,3)29-21(26)25-14-13-23(27,20(24)15-25)18-9-11-19(12-10-18)28-16-17-7-5-4-6-8-17/h4-12,20,27H,13-16H2,1-3H3/t20-,23+/m0/s1. The van der Waals surface area contributed by atoms with Crippen molar-refractivity contribution < 1.29 is 23.8 Å². The van der Waals surface area contributed by atoms with E-state index in [1.165, 1.54) is 4.90 Å². The van der Waals surface area contributed by atoms with Crippen LogP contribution < -0.4 is 4.74 Å². The van der Waals surface area contributed by atoms with E-state index in [9.17, 15) is 14.3 Å². The molecule has 3 rings (SSSR count). The number of hydrogen-bond donors (Lipinski definition) is 1. The first-order valence-corrected chi connectivity index (χ1v) is 9.79. The lowest BCUT2D eigenvalue weighted by atomic mass is 9.83. The summed E-state index contributed by atoms with van der Waals surface area (Å²) in [5.74, 6) is 0.641. The Morgan fingerprint density at radius 2 is 1.83 bits per heavy atom. The smallest absolute Gasteiger partial charge is 0.410 e. The number of amides is 1. The molecule has 2 aromatic carbocycles. The molecule has 1 saturated heterocycles. The number of ether oxygens (including phenoxy) is 2. The van der Waals surface area contributed by atoms with Gasteiger partial charge in [-0.2, -0.15) is 0 Å². The normalized spacial score (nSPS) is 22.2. The van der Waals surface area contributed by atoms with Crippen LogP contribution in [0, 0.1) is 0 Å². The SMILES string of the molecule is CC(C)(C)OC(=O)N1CC[C@@](O)(c2ccc(OCc3ccccc3)cc2)[C@@H](F)C1. The Labute approximate surface area is 171 Å². The average molecular weight is 401 g/mol. The number of rotatable bonds is 4. The van der Waals surface area contributed by atoms with Crippen LogP contribution >= 0.6 is 0 Å². The molecule has 2 aromatic rings. The van der Waals surface area contributed by atoms with E-state index in [0.29, 0.717) is 17.9 Å². The fraction of sp³-hybridized carbons (Fsp3) is 0.435. The molecular weight excluding hydrogens is 373 g/mol. The van der Waals surface area contributed by atoms with E-state index in [-0.39, 0.29) is 19.5 Å². The molecule has 1 N–H and O–H groups in total. The van der Waals surface area contributed by atoms with E-state index in [2.05, 4.69) is 0 Å². The van der Waals surface area contributed by atoms with E-state index >= 15 is 0 Å². The maximum absolute atomic E-state index is 14.9. The minimum atomic E-state index is -1.64. The van der Waals surface area contributed by atoms with Gasteiger partial charge < -0.3 is 19.5 Å². The third-order valence-electron chi connectivity index (χ3n) is 4.92. The topological polar surface area (TPSA) is 59.0 Å². The highest BCUT2D eigenvalue weighted by atomic mass is 19.1. The summed E-state index contributed by atoms with van der Waals surface area (Å²) in [5, 5.41) is 10.9. The molecule has 5 nitrogen and oxygen atoms in total. The highest BCUT2D eigenvalue weighted by molar-refractivity contribution is 5.68. The van der Waals surface area contributed by atoms with Gasteiger partial charge in [0.2, 0.25) is 0 Å². The predicted molar refractivity (Wildman–Crippen MR) is 108 cm³/mol. The second kappa shape index (κ2) is 8.41. The number of benzene rings is 2. The zero-order valence-corrected chi connectivity index (χ0v) is 17.1. The van der Waals surface area contributed by atoms with Crippen molar-refractivity contribution in [3.05, 3.63) is 65.7 Å².